The Morgan fingerprint density at radius 2 is 1.47 bits per heavy atom. The summed E-state index contributed by atoms with van der Waals surface area (Å²) < 4.78 is 41.5. The Bertz CT molecular complexity index is 2650. The van der Waals surface area contributed by atoms with E-state index in [2.05, 4.69) is 23.7 Å². The first kappa shape index (κ1) is 47.3. The lowest BCUT2D eigenvalue weighted by molar-refractivity contribution is -0.130. The first-order valence-electron chi connectivity index (χ1n) is 23.4. The molecule has 0 aliphatic carbocycles. The summed E-state index contributed by atoms with van der Waals surface area (Å²) in [4.78, 5) is 43.9. The molecule has 13 nitrogen and oxygen atoms in total. The lowest BCUT2D eigenvalue weighted by Gasteiger charge is -2.39. The number of carbonyl (C=O) groups excluding carboxylic acids is 3. The van der Waals surface area contributed by atoms with E-state index in [1.807, 2.05) is 95.3 Å². The van der Waals surface area contributed by atoms with Gasteiger partial charge >= 0.3 is 0 Å². The van der Waals surface area contributed by atoms with Crippen LogP contribution in [0.2, 0.25) is 0 Å². The van der Waals surface area contributed by atoms with E-state index >= 15 is 0 Å². The highest BCUT2D eigenvalue weighted by molar-refractivity contribution is 5.93. The molecular weight excluding hydrogens is 864 g/mol. The number of rotatable bonds is 15. The van der Waals surface area contributed by atoms with Crippen LogP contribution in [0.4, 0.5) is 4.39 Å². The first-order chi connectivity index (χ1) is 33.0. The van der Waals surface area contributed by atoms with E-state index in [1.165, 1.54) is 11.0 Å². The number of para-hydroxylation sites is 1. The van der Waals surface area contributed by atoms with E-state index in [-0.39, 0.29) is 30.4 Å². The standard InChI is InChI=1S/C54H59FN6O7/c1-5-50(62)61-30-25-49(47(55)36-61)67-42-13-9-11-38(33-42)17-21-51(63)59-28-23-41(24-29-59)66-43-20-18-39(46(35-43)53-57-56-37-58(53)6-2)19-22-52(64)60-31-26-54(3,27-32-60)68-44-14-10-12-40(34-44)45-15-7-8-16-48(45)65-4/h5,7-22,33-35,37,41,47,49H,1,6,23-32,36H2,2-4H3/b21-17+,22-19+/t47-,49-/m1/s1. The van der Waals surface area contributed by atoms with Gasteiger partial charge in [0.15, 0.2) is 12.0 Å². The monoisotopic (exact) mass is 922 g/mol. The number of amides is 3. The second-order valence-electron chi connectivity index (χ2n) is 17.6. The molecule has 3 fully saturated rings. The average Bonchev–Trinajstić information content (AvgIpc) is 3.85. The van der Waals surface area contributed by atoms with Crippen LogP contribution in [0.15, 0.2) is 122 Å². The van der Waals surface area contributed by atoms with E-state index in [4.69, 9.17) is 18.9 Å². The Morgan fingerprint density at radius 3 is 2.22 bits per heavy atom. The molecule has 0 N–H and O–H groups in total. The van der Waals surface area contributed by atoms with Crippen molar-refractivity contribution in [2.45, 2.75) is 76.5 Å². The molecule has 5 aromatic rings. The number of ether oxygens (including phenoxy) is 4. The number of benzene rings is 4. The van der Waals surface area contributed by atoms with Crippen LogP contribution in [-0.2, 0) is 20.9 Å². The van der Waals surface area contributed by atoms with Gasteiger partial charge in [0.1, 0.15) is 47.1 Å². The maximum atomic E-state index is 14.9. The van der Waals surface area contributed by atoms with Crippen molar-refractivity contribution in [3.8, 4) is 45.5 Å². The van der Waals surface area contributed by atoms with Crippen LogP contribution >= 0.6 is 0 Å². The number of aryl methyl sites for hydroxylation is 1. The molecule has 3 saturated heterocycles. The number of likely N-dealkylation sites (tertiary alicyclic amines) is 3. The summed E-state index contributed by atoms with van der Waals surface area (Å²) in [7, 11) is 1.67. The lowest BCUT2D eigenvalue weighted by atomic mass is 9.93. The normalized spacial score (nSPS) is 18.7. The van der Waals surface area contributed by atoms with Gasteiger partial charge in [0, 0.05) is 94.7 Å². The third-order valence-electron chi connectivity index (χ3n) is 13.0. The van der Waals surface area contributed by atoms with Crippen molar-refractivity contribution >= 4 is 29.9 Å². The van der Waals surface area contributed by atoms with Crippen LogP contribution in [0.1, 0.15) is 57.1 Å². The molecule has 2 atom stereocenters. The van der Waals surface area contributed by atoms with Crippen LogP contribution in [-0.4, -0.2) is 118 Å². The number of piperidine rings is 3. The van der Waals surface area contributed by atoms with Gasteiger partial charge in [-0.25, -0.2) is 4.39 Å². The first-order valence-corrected chi connectivity index (χ1v) is 23.4. The van der Waals surface area contributed by atoms with E-state index < -0.39 is 17.9 Å². The lowest BCUT2D eigenvalue weighted by Crippen LogP contribution is -2.48. The van der Waals surface area contributed by atoms with Crippen LogP contribution in [0.3, 0.4) is 0 Å². The zero-order chi connectivity index (χ0) is 47.6. The van der Waals surface area contributed by atoms with E-state index in [9.17, 15) is 18.8 Å². The number of halogens is 1. The fourth-order valence-corrected chi connectivity index (χ4v) is 8.98. The van der Waals surface area contributed by atoms with Gasteiger partial charge in [0.05, 0.1) is 13.7 Å². The molecule has 0 bridgehead atoms. The zero-order valence-corrected chi connectivity index (χ0v) is 39.0. The zero-order valence-electron chi connectivity index (χ0n) is 39.0. The molecule has 1 aromatic heterocycles. The molecule has 0 radical (unpaired) electrons. The molecule has 0 saturated carbocycles. The Kier molecular flexibility index (Phi) is 15.0. The molecule has 0 unspecified atom stereocenters. The SMILES string of the molecule is C=CC(=O)N1CC[C@@H](Oc2cccc(/C=C/C(=O)N3CCC(Oc4ccc(/C=C/C(=O)N5CCC(C)(Oc6cccc(-c7ccccc7OC)c6)CC5)c(-c5nncn5CC)c4)CC3)c2)[C@H](F)C1. The van der Waals surface area contributed by atoms with Crippen molar-refractivity contribution in [2.75, 3.05) is 46.4 Å². The molecular formula is C54H59FN6O7. The summed E-state index contributed by atoms with van der Waals surface area (Å²) >= 11 is 0. The smallest absolute Gasteiger partial charge is 0.246 e. The Balaban J connectivity index is 0.843. The third kappa shape index (κ3) is 11.5. The molecule has 4 heterocycles. The van der Waals surface area contributed by atoms with Gasteiger partial charge in [0.25, 0.3) is 0 Å². The number of carbonyl (C=O) groups is 3. The fraction of sp³-hybridized carbons (Fsp3) is 0.352. The summed E-state index contributed by atoms with van der Waals surface area (Å²) in [5, 5.41) is 8.61. The highest BCUT2D eigenvalue weighted by atomic mass is 19.1. The van der Waals surface area contributed by atoms with Gasteiger partial charge in [-0.2, -0.15) is 0 Å². The number of aromatic nitrogens is 3. The highest BCUT2D eigenvalue weighted by Crippen LogP contribution is 2.35. The maximum Gasteiger partial charge on any atom is 0.246 e. The minimum Gasteiger partial charge on any atom is -0.496 e. The van der Waals surface area contributed by atoms with Crippen molar-refractivity contribution in [2.24, 2.45) is 0 Å². The summed E-state index contributed by atoms with van der Waals surface area (Å²) in [5.41, 5.74) is 3.94. The third-order valence-corrected chi connectivity index (χ3v) is 13.0. The minimum absolute atomic E-state index is 0.0366. The van der Waals surface area contributed by atoms with E-state index in [0.717, 1.165) is 39.3 Å². The van der Waals surface area contributed by atoms with Gasteiger partial charge in [-0.3, -0.25) is 14.4 Å². The molecule has 3 aliphatic heterocycles. The largest absolute Gasteiger partial charge is 0.496 e. The molecule has 4 aromatic carbocycles. The van der Waals surface area contributed by atoms with Crippen LogP contribution in [0.25, 0.3) is 34.7 Å². The van der Waals surface area contributed by atoms with Crippen LogP contribution < -0.4 is 18.9 Å². The molecule has 8 rings (SSSR count). The Labute approximate surface area is 397 Å². The van der Waals surface area contributed by atoms with Gasteiger partial charge in [-0.05, 0) is 91.2 Å². The van der Waals surface area contributed by atoms with Crippen molar-refractivity contribution < 1.29 is 37.7 Å². The van der Waals surface area contributed by atoms with E-state index in [1.54, 1.807) is 54.8 Å². The van der Waals surface area contributed by atoms with Crippen molar-refractivity contribution in [1.29, 1.82) is 0 Å². The van der Waals surface area contributed by atoms with Crippen molar-refractivity contribution in [3.05, 3.63) is 133 Å². The summed E-state index contributed by atoms with van der Waals surface area (Å²) in [6.45, 7) is 10.8. The minimum atomic E-state index is -1.32. The summed E-state index contributed by atoms with van der Waals surface area (Å²) in [5.74, 6) is 2.95. The highest BCUT2D eigenvalue weighted by Gasteiger charge is 2.34. The van der Waals surface area contributed by atoms with Gasteiger partial charge in [-0.15, -0.1) is 10.2 Å². The molecule has 354 valence electrons. The quantitative estimate of drug-likeness (QED) is 0.0948. The predicted octanol–water partition coefficient (Wildman–Crippen LogP) is 8.70. The maximum absolute atomic E-state index is 14.9. The molecule has 14 heteroatoms. The fourth-order valence-electron chi connectivity index (χ4n) is 8.98. The molecule has 0 spiro atoms. The second kappa shape index (κ2) is 21.6. The number of nitrogens with zero attached hydrogens (tertiary/aromatic N) is 6. The number of hydrogen-bond acceptors (Lipinski definition) is 9. The predicted molar refractivity (Wildman–Crippen MR) is 260 cm³/mol. The van der Waals surface area contributed by atoms with Crippen molar-refractivity contribution in [3.63, 3.8) is 0 Å². The molecule has 3 aliphatic rings. The van der Waals surface area contributed by atoms with Crippen LogP contribution in [0, 0.1) is 0 Å². The topological polar surface area (TPSA) is 129 Å². The number of methoxy groups -OCH3 is 1. The summed E-state index contributed by atoms with van der Waals surface area (Å²) in [6.07, 6.45) is 10.6. The van der Waals surface area contributed by atoms with Crippen molar-refractivity contribution in [1.82, 2.24) is 29.5 Å². The van der Waals surface area contributed by atoms with Gasteiger partial charge in [0.2, 0.25) is 17.7 Å². The molecule has 3 amide bonds. The number of alkyl halides is 1. The van der Waals surface area contributed by atoms with Gasteiger partial charge < -0.3 is 38.2 Å². The van der Waals surface area contributed by atoms with Gasteiger partial charge in [-0.1, -0.05) is 55.1 Å². The Morgan fingerprint density at radius 1 is 0.765 bits per heavy atom. The average molecular weight is 923 g/mol. The summed E-state index contributed by atoms with van der Waals surface area (Å²) in [6, 6.07) is 29.0. The Hall–Kier alpha value is -7.22. The van der Waals surface area contributed by atoms with Crippen LogP contribution in [0.5, 0.6) is 23.0 Å². The van der Waals surface area contributed by atoms with E-state index in [0.29, 0.717) is 88.7 Å². The molecule has 68 heavy (non-hydrogen) atoms. The number of hydrogen-bond donors (Lipinski definition) is 0. The second-order valence-corrected chi connectivity index (χ2v) is 17.6.